The fraction of sp³-hybridized carbons (Fsp3) is 0.455. The van der Waals surface area contributed by atoms with E-state index in [0.717, 1.165) is 12.8 Å². The summed E-state index contributed by atoms with van der Waals surface area (Å²) in [6.07, 6.45) is 0.941. The summed E-state index contributed by atoms with van der Waals surface area (Å²) in [5.74, 6) is 0.0178. The third kappa shape index (κ3) is 1.87. The highest BCUT2D eigenvalue weighted by molar-refractivity contribution is 5.34. The molecule has 0 heterocycles. The van der Waals surface area contributed by atoms with Gasteiger partial charge in [0.1, 0.15) is 11.9 Å². The lowest BCUT2D eigenvalue weighted by Crippen LogP contribution is -2.23. The fourth-order valence-electron chi connectivity index (χ4n) is 1.58. The van der Waals surface area contributed by atoms with E-state index in [1.165, 1.54) is 6.07 Å². The molecule has 1 fully saturated rings. The molecule has 3 N–H and O–H groups in total. The molecule has 14 heavy (non-hydrogen) atoms. The lowest BCUT2D eigenvalue weighted by atomic mass is 10.0. The minimum atomic E-state index is -1.15. The van der Waals surface area contributed by atoms with Crippen LogP contribution in [0.15, 0.2) is 24.3 Å². The van der Waals surface area contributed by atoms with Gasteiger partial charge >= 0.3 is 0 Å². The molecule has 1 aliphatic rings. The summed E-state index contributed by atoms with van der Waals surface area (Å²) in [4.78, 5) is 0. The van der Waals surface area contributed by atoms with Crippen molar-refractivity contribution >= 4 is 0 Å². The van der Waals surface area contributed by atoms with Gasteiger partial charge in [-0.25, -0.2) is 4.39 Å². The Hall–Kier alpha value is -1.09. The maximum absolute atomic E-state index is 13.7. The number of hydrogen-bond acceptors (Lipinski definition) is 2. The molecule has 0 aliphatic heterocycles. The van der Waals surface area contributed by atoms with Crippen LogP contribution in [0.1, 0.15) is 31.0 Å². The van der Waals surface area contributed by atoms with Crippen LogP contribution in [0.5, 0.6) is 5.75 Å². The molecule has 1 atom stereocenters. The summed E-state index contributed by atoms with van der Waals surface area (Å²) in [6.45, 7) is 0. The molecule has 1 unspecified atom stereocenters. The fourth-order valence-corrected chi connectivity index (χ4v) is 1.58. The summed E-state index contributed by atoms with van der Waals surface area (Å²) in [5.41, 5.74) is 5.85. The van der Waals surface area contributed by atoms with Crippen LogP contribution in [0.4, 0.5) is 4.39 Å². The first-order valence-electron chi connectivity index (χ1n) is 4.82. The van der Waals surface area contributed by atoms with Gasteiger partial charge in [-0.3, -0.25) is 0 Å². The van der Waals surface area contributed by atoms with Crippen molar-refractivity contribution in [3.63, 3.8) is 0 Å². The Kier molecular flexibility index (Phi) is 2.19. The van der Waals surface area contributed by atoms with Gasteiger partial charge in [0, 0.05) is 17.5 Å². The Balaban J connectivity index is 2.10. The molecule has 3 heteroatoms. The molecule has 0 radical (unpaired) electrons. The molecule has 1 aliphatic carbocycles. The maximum atomic E-state index is 13.7. The molecule has 76 valence electrons. The number of nitrogens with two attached hydrogens (primary N) is 1. The van der Waals surface area contributed by atoms with E-state index in [1.54, 1.807) is 18.2 Å². The molecule has 1 aromatic rings. The molecule has 0 bridgehead atoms. The van der Waals surface area contributed by atoms with Gasteiger partial charge < -0.3 is 10.8 Å². The van der Waals surface area contributed by atoms with E-state index in [-0.39, 0.29) is 11.3 Å². The summed E-state index contributed by atoms with van der Waals surface area (Å²) in [7, 11) is 0. The summed E-state index contributed by atoms with van der Waals surface area (Å²) in [6, 6.07) is 6.50. The van der Waals surface area contributed by atoms with Crippen LogP contribution in [-0.4, -0.2) is 10.6 Å². The number of alkyl halides is 1. The van der Waals surface area contributed by atoms with E-state index in [4.69, 9.17) is 5.73 Å². The van der Waals surface area contributed by atoms with Crippen molar-refractivity contribution in [2.45, 2.75) is 31.0 Å². The second-order valence-electron chi connectivity index (χ2n) is 4.09. The van der Waals surface area contributed by atoms with Gasteiger partial charge in [-0.1, -0.05) is 18.2 Å². The number of para-hydroxylation sites is 1. The minimum Gasteiger partial charge on any atom is -0.508 e. The Morgan fingerprint density at radius 3 is 2.64 bits per heavy atom. The Labute approximate surface area is 82.5 Å². The second-order valence-corrected chi connectivity index (χ2v) is 4.09. The molecule has 2 rings (SSSR count). The average Bonchev–Trinajstić information content (AvgIpc) is 2.84. The summed E-state index contributed by atoms with van der Waals surface area (Å²) >= 11 is 0. The van der Waals surface area contributed by atoms with Gasteiger partial charge in [0.05, 0.1) is 0 Å². The molecule has 0 aromatic heterocycles. The zero-order valence-electron chi connectivity index (χ0n) is 7.91. The molecular formula is C11H14FNO. The van der Waals surface area contributed by atoms with Crippen molar-refractivity contribution < 1.29 is 9.50 Å². The first-order chi connectivity index (χ1) is 6.61. The standard InChI is InChI=1S/C11H14FNO/c12-9(7-11(13)5-6-11)8-3-1-2-4-10(8)14/h1-4,9,14H,5-7,13H2. The third-order valence-electron chi connectivity index (χ3n) is 2.75. The van der Waals surface area contributed by atoms with Gasteiger partial charge in [-0.2, -0.15) is 0 Å². The van der Waals surface area contributed by atoms with Crippen molar-refractivity contribution in [1.29, 1.82) is 0 Å². The smallest absolute Gasteiger partial charge is 0.130 e. The summed E-state index contributed by atoms with van der Waals surface area (Å²) in [5, 5.41) is 9.42. The van der Waals surface area contributed by atoms with E-state index < -0.39 is 6.17 Å². The van der Waals surface area contributed by atoms with Crippen molar-refractivity contribution in [2.24, 2.45) is 5.73 Å². The molecule has 2 nitrogen and oxygen atoms in total. The highest BCUT2D eigenvalue weighted by Gasteiger charge is 2.40. The van der Waals surface area contributed by atoms with E-state index >= 15 is 0 Å². The van der Waals surface area contributed by atoms with Crippen molar-refractivity contribution in [1.82, 2.24) is 0 Å². The number of benzene rings is 1. The molecule has 0 saturated heterocycles. The van der Waals surface area contributed by atoms with Crippen LogP contribution in [0.3, 0.4) is 0 Å². The quantitative estimate of drug-likeness (QED) is 0.777. The maximum Gasteiger partial charge on any atom is 0.130 e. The minimum absolute atomic E-state index is 0.0178. The van der Waals surface area contributed by atoms with E-state index in [0.29, 0.717) is 12.0 Å². The van der Waals surface area contributed by atoms with Gasteiger partial charge in [0.2, 0.25) is 0 Å². The Bertz CT molecular complexity index is 336. The van der Waals surface area contributed by atoms with E-state index in [9.17, 15) is 9.50 Å². The highest BCUT2D eigenvalue weighted by atomic mass is 19.1. The number of phenols is 1. The molecule has 1 aromatic carbocycles. The average molecular weight is 195 g/mol. The molecule has 0 spiro atoms. The largest absolute Gasteiger partial charge is 0.508 e. The van der Waals surface area contributed by atoms with Gasteiger partial charge in [-0.05, 0) is 18.9 Å². The number of hydrogen-bond donors (Lipinski definition) is 2. The number of aromatic hydroxyl groups is 1. The van der Waals surface area contributed by atoms with Gasteiger partial charge in [-0.15, -0.1) is 0 Å². The van der Waals surface area contributed by atoms with Gasteiger partial charge in [0.15, 0.2) is 0 Å². The first-order valence-corrected chi connectivity index (χ1v) is 4.82. The van der Waals surface area contributed by atoms with Crippen LogP contribution >= 0.6 is 0 Å². The summed E-state index contributed by atoms with van der Waals surface area (Å²) < 4.78 is 13.7. The second kappa shape index (κ2) is 3.24. The zero-order chi connectivity index (χ0) is 10.2. The topological polar surface area (TPSA) is 46.2 Å². The lowest BCUT2D eigenvalue weighted by molar-refractivity contribution is 0.287. The SMILES string of the molecule is NC1(CC(F)c2ccccc2O)CC1. The Morgan fingerprint density at radius 1 is 1.43 bits per heavy atom. The monoisotopic (exact) mass is 195 g/mol. The zero-order valence-corrected chi connectivity index (χ0v) is 7.91. The normalized spacial score (nSPS) is 20.4. The van der Waals surface area contributed by atoms with E-state index in [1.807, 2.05) is 0 Å². The molecule has 1 saturated carbocycles. The number of halogens is 1. The Morgan fingerprint density at radius 2 is 2.07 bits per heavy atom. The van der Waals surface area contributed by atoms with Crippen LogP contribution in [0.2, 0.25) is 0 Å². The van der Waals surface area contributed by atoms with Crippen molar-refractivity contribution in [3.05, 3.63) is 29.8 Å². The van der Waals surface area contributed by atoms with Gasteiger partial charge in [0.25, 0.3) is 0 Å². The van der Waals surface area contributed by atoms with E-state index in [2.05, 4.69) is 0 Å². The number of rotatable bonds is 3. The lowest BCUT2D eigenvalue weighted by Gasteiger charge is -2.14. The molecule has 0 amide bonds. The predicted octanol–water partition coefficient (Wildman–Crippen LogP) is 2.28. The number of phenolic OH excluding ortho intramolecular Hbond substituents is 1. The van der Waals surface area contributed by atoms with Crippen LogP contribution < -0.4 is 5.73 Å². The van der Waals surface area contributed by atoms with Crippen LogP contribution in [0, 0.1) is 0 Å². The van der Waals surface area contributed by atoms with Crippen LogP contribution in [-0.2, 0) is 0 Å². The molecular weight excluding hydrogens is 181 g/mol. The predicted molar refractivity (Wildman–Crippen MR) is 52.7 cm³/mol. The van der Waals surface area contributed by atoms with Crippen molar-refractivity contribution in [3.8, 4) is 5.75 Å². The first kappa shape index (κ1) is 9.46. The highest BCUT2D eigenvalue weighted by Crippen LogP contribution is 2.42. The van der Waals surface area contributed by atoms with Crippen LogP contribution in [0.25, 0.3) is 0 Å². The third-order valence-corrected chi connectivity index (χ3v) is 2.75. The van der Waals surface area contributed by atoms with Crippen molar-refractivity contribution in [2.75, 3.05) is 0 Å².